The van der Waals surface area contributed by atoms with Crippen molar-refractivity contribution >= 4 is 5.91 Å². The summed E-state index contributed by atoms with van der Waals surface area (Å²) in [6.07, 6.45) is 7.68. The van der Waals surface area contributed by atoms with E-state index in [1.54, 1.807) is 0 Å². The van der Waals surface area contributed by atoms with E-state index in [9.17, 15) is 4.79 Å². The Balaban J connectivity index is 1.95. The fourth-order valence-corrected chi connectivity index (χ4v) is 4.18. The quantitative estimate of drug-likeness (QED) is 0.757. The van der Waals surface area contributed by atoms with Crippen LogP contribution in [0, 0.1) is 16.7 Å². The SMILES string of the molecule is CCO[C@H]1C[C@@H](N(C)CC(=O)NCC#N)C12CCCCC2. The minimum absolute atomic E-state index is 0.0649. The summed E-state index contributed by atoms with van der Waals surface area (Å²) >= 11 is 0. The lowest BCUT2D eigenvalue weighted by Crippen LogP contribution is -2.65. The first-order chi connectivity index (χ1) is 10.1. The maximum Gasteiger partial charge on any atom is 0.235 e. The largest absolute Gasteiger partial charge is 0.378 e. The Bertz CT molecular complexity index is 399. The molecular weight excluding hydrogens is 266 g/mol. The Kier molecular flexibility index (Phi) is 5.60. The van der Waals surface area contributed by atoms with Gasteiger partial charge in [-0.3, -0.25) is 9.69 Å². The highest BCUT2D eigenvalue weighted by atomic mass is 16.5. The Labute approximate surface area is 127 Å². The minimum atomic E-state index is -0.0649. The summed E-state index contributed by atoms with van der Waals surface area (Å²) in [5, 5.41) is 11.1. The highest BCUT2D eigenvalue weighted by molar-refractivity contribution is 5.78. The van der Waals surface area contributed by atoms with Gasteiger partial charge in [-0.05, 0) is 33.2 Å². The number of carbonyl (C=O) groups is 1. The molecule has 0 saturated heterocycles. The van der Waals surface area contributed by atoms with Crippen LogP contribution in [0.25, 0.3) is 0 Å². The van der Waals surface area contributed by atoms with E-state index in [-0.39, 0.29) is 17.9 Å². The van der Waals surface area contributed by atoms with Crippen LogP contribution >= 0.6 is 0 Å². The molecule has 0 aromatic carbocycles. The van der Waals surface area contributed by atoms with Crippen LogP contribution in [0.4, 0.5) is 0 Å². The van der Waals surface area contributed by atoms with Crippen molar-refractivity contribution in [3.05, 3.63) is 0 Å². The van der Waals surface area contributed by atoms with Crippen LogP contribution in [-0.4, -0.2) is 49.7 Å². The van der Waals surface area contributed by atoms with Gasteiger partial charge in [0.05, 0.1) is 18.7 Å². The van der Waals surface area contributed by atoms with Crippen molar-refractivity contribution in [3.63, 3.8) is 0 Å². The zero-order valence-electron chi connectivity index (χ0n) is 13.2. The number of rotatable bonds is 6. The Morgan fingerprint density at radius 3 is 2.76 bits per heavy atom. The van der Waals surface area contributed by atoms with Crippen molar-refractivity contribution in [3.8, 4) is 6.07 Å². The van der Waals surface area contributed by atoms with Crippen LogP contribution in [0.1, 0.15) is 45.4 Å². The minimum Gasteiger partial charge on any atom is -0.378 e. The van der Waals surface area contributed by atoms with Crippen LogP contribution in [0.5, 0.6) is 0 Å². The van der Waals surface area contributed by atoms with Gasteiger partial charge in [0.25, 0.3) is 0 Å². The molecule has 5 nitrogen and oxygen atoms in total. The van der Waals surface area contributed by atoms with E-state index >= 15 is 0 Å². The molecule has 2 aliphatic carbocycles. The van der Waals surface area contributed by atoms with Gasteiger partial charge in [0.2, 0.25) is 5.91 Å². The topological polar surface area (TPSA) is 65.4 Å². The number of nitrogens with one attached hydrogen (secondary N) is 1. The molecule has 0 bridgehead atoms. The van der Waals surface area contributed by atoms with Crippen LogP contribution in [0.2, 0.25) is 0 Å². The molecule has 0 radical (unpaired) electrons. The van der Waals surface area contributed by atoms with Crippen molar-refractivity contribution in [1.82, 2.24) is 10.2 Å². The number of nitriles is 1. The first-order valence-corrected chi connectivity index (χ1v) is 8.09. The molecule has 1 amide bonds. The average Bonchev–Trinajstić information content (AvgIpc) is 2.49. The summed E-state index contributed by atoms with van der Waals surface area (Å²) < 4.78 is 5.95. The zero-order chi connectivity index (χ0) is 15.3. The van der Waals surface area contributed by atoms with Crippen LogP contribution in [0.15, 0.2) is 0 Å². The van der Waals surface area contributed by atoms with E-state index in [1.807, 2.05) is 13.1 Å². The molecule has 2 fully saturated rings. The number of carbonyl (C=O) groups excluding carboxylic acids is 1. The number of ether oxygens (including phenoxy) is 1. The molecule has 2 atom stereocenters. The van der Waals surface area contributed by atoms with Crippen molar-refractivity contribution in [2.24, 2.45) is 5.41 Å². The summed E-state index contributed by atoms with van der Waals surface area (Å²) in [6, 6.07) is 2.37. The lowest BCUT2D eigenvalue weighted by molar-refractivity contribution is -0.179. The monoisotopic (exact) mass is 293 g/mol. The predicted molar refractivity (Wildman–Crippen MR) is 80.6 cm³/mol. The third-order valence-corrected chi connectivity index (χ3v) is 5.18. The van der Waals surface area contributed by atoms with Crippen LogP contribution < -0.4 is 5.32 Å². The molecule has 21 heavy (non-hydrogen) atoms. The van der Waals surface area contributed by atoms with Crippen LogP contribution in [0.3, 0.4) is 0 Å². The Morgan fingerprint density at radius 1 is 1.43 bits per heavy atom. The maximum atomic E-state index is 11.8. The van der Waals surface area contributed by atoms with Gasteiger partial charge in [-0.25, -0.2) is 0 Å². The molecule has 1 spiro atoms. The average molecular weight is 293 g/mol. The number of likely N-dealkylation sites (N-methyl/N-ethyl adjacent to an activating group) is 1. The summed E-state index contributed by atoms with van der Waals surface area (Å²) in [7, 11) is 2.02. The van der Waals surface area contributed by atoms with Crippen molar-refractivity contribution in [2.45, 2.75) is 57.6 Å². The Morgan fingerprint density at radius 2 is 2.14 bits per heavy atom. The second-order valence-electron chi connectivity index (χ2n) is 6.34. The van der Waals surface area contributed by atoms with E-state index < -0.39 is 0 Å². The molecule has 1 N–H and O–H groups in total. The normalized spacial score (nSPS) is 27.1. The van der Waals surface area contributed by atoms with Gasteiger partial charge in [-0.15, -0.1) is 0 Å². The number of hydrogen-bond acceptors (Lipinski definition) is 4. The highest BCUT2D eigenvalue weighted by Gasteiger charge is 2.56. The molecule has 2 saturated carbocycles. The predicted octanol–water partition coefficient (Wildman–Crippen LogP) is 1.69. The summed E-state index contributed by atoms with van der Waals surface area (Å²) in [5.41, 5.74) is 0.249. The number of nitrogens with zero attached hydrogens (tertiary/aromatic N) is 2. The van der Waals surface area contributed by atoms with E-state index in [1.165, 1.54) is 32.1 Å². The smallest absolute Gasteiger partial charge is 0.235 e. The van der Waals surface area contributed by atoms with E-state index in [0.29, 0.717) is 18.7 Å². The lowest BCUT2D eigenvalue weighted by Gasteiger charge is -2.60. The summed E-state index contributed by atoms with van der Waals surface area (Å²) in [6.45, 7) is 3.28. The second-order valence-corrected chi connectivity index (χ2v) is 6.34. The molecule has 5 heteroatoms. The van der Waals surface area contributed by atoms with Crippen molar-refractivity contribution in [2.75, 3.05) is 26.7 Å². The van der Waals surface area contributed by atoms with E-state index in [2.05, 4.69) is 17.1 Å². The lowest BCUT2D eigenvalue weighted by atomic mass is 9.54. The molecule has 0 aliphatic heterocycles. The first kappa shape index (κ1) is 16.3. The van der Waals surface area contributed by atoms with Crippen molar-refractivity contribution < 1.29 is 9.53 Å². The van der Waals surface area contributed by atoms with E-state index in [0.717, 1.165) is 13.0 Å². The third kappa shape index (κ3) is 3.38. The number of amides is 1. The van der Waals surface area contributed by atoms with Gasteiger partial charge in [-0.1, -0.05) is 19.3 Å². The fraction of sp³-hybridized carbons (Fsp3) is 0.875. The molecular formula is C16H27N3O2. The number of hydrogen-bond donors (Lipinski definition) is 1. The molecule has 2 rings (SSSR count). The van der Waals surface area contributed by atoms with Crippen molar-refractivity contribution in [1.29, 1.82) is 5.26 Å². The molecule has 2 aliphatic rings. The molecule has 0 aromatic rings. The van der Waals surface area contributed by atoms with Gasteiger partial charge >= 0.3 is 0 Å². The highest BCUT2D eigenvalue weighted by Crippen LogP contribution is 2.55. The first-order valence-electron chi connectivity index (χ1n) is 8.09. The van der Waals surface area contributed by atoms with Gasteiger partial charge in [0.1, 0.15) is 6.54 Å². The zero-order valence-corrected chi connectivity index (χ0v) is 13.2. The Hall–Kier alpha value is -1.12. The molecule has 118 valence electrons. The third-order valence-electron chi connectivity index (χ3n) is 5.18. The molecule has 0 heterocycles. The van der Waals surface area contributed by atoms with Gasteiger partial charge < -0.3 is 10.1 Å². The van der Waals surface area contributed by atoms with Gasteiger partial charge in [-0.2, -0.15) is 5.26 Å². The van der Waals surface area contributed by atoms with Gasteiger partial charge in [0.15, 0.2) is 0 Å². The van der Waals surface area contributed by atoms with Crippen LogP contribution in [-0.2, 0) is 9.53 Å². The second kappa shape index (κ2) is 7.24. The standard InChI is InChI=1S/C16H27N3O2/c1-3-21-14-11-13(16(14)7-5-4-6-8-16)19(2)12-15(20)18-10-9-17/h13-14H,3-8,10-12H2,1-2H3,(H,18,20)/t13-,14+/m1/s1. The van der Waals surface area contributed by atoms with Gasteiger partial charge in [0, 0.05) is 18.1 Å². The summed E-state index contributed by atoms with van der Waals surface area (Å²) in [4.78, 5) is 14.0. The summed E-state index contributed by atoms with van der Waals surface area (Å²) in [5.74, 6) is -0.0649. The molecule has 0 unspecified atom stereocenters. The maximum absolute atomic E-state index is 11.8. The fourth-order valence-electron chi connectivity index (χ4n) is 4.18. The van der Waals surface area contributed by atoms with E-state index in [4.69, 9.17) is 10.00 Å². The molecule has 0 aromatic heterocycles.